The number of aryl methyl sites for hydroxylation is 1. The molecule has 3 aliphatic rings. The van der Waals surface area contributed by atoms with Crippen LogP contribution in [0.5, 0.6) is 0 Å². The van der Waals surface area contributed by atoms with Crippen LogP contribution in [-0.2, 0) is 11.2 Å². The molecule has 2 fully saturated rings. The number of carbonyl (C=O) groups is 1. The first-order chi connectivity index (χ1) is 11.5. The van der Waals surface area contributed by atoms with Gasteiger partial charge in [0.05, 0.1) is 6.61 Å². The molecule has 0 unspecified atom stereocenters. The monoisotopic (exact) mass is 328 g/mol. The largest absolute Gasteiger partial charge is 0.389 e. The Morgan fingerprint density at radius 2 is 2.17 bits per heavy atom. The second-order valence-corrected chi connectivity index (χ2v) is 8.04. The minimum Gasteiger partial charge on any atom is -0.389 e. The Hall–Kier alpha value is -1.48. The Bertz CT molecular complexity index is 708. The fourth-order valence-corrected chi connectivity index (χ4v) is 5.69. The van der Waals surface area contributed by atoms with Gasteiger partial charge in [0.1, 0.15) is 11.6 Å². The van der Waals surface area contributed by atoms with Crippen molar-refractivity contribution in [3.63, 3.8) is 0 Å². The van der Waals surface area contributed by atoms with Gasteiger partial charge in [-0.3, -0.25) is 4.79 Å². The maximum absolute atomic E-state index is 13.3. The van der Waals surface area contributed by atoms with E-state index < -0.39 is 12.4 Å². The van der Waals surface area contributed by atoms with Crippen molar-refractivity contribution in [3.8, 4) is 0 Å². The van der Waals surface area contributed by atoms with Crippen LogP contribution in [0, 0.1) is 17.3 Å². The van der Waals surface area contributed by atoms with Gasteiger partial charge < -0.3 is 5.11 Å². The number of hydrogen-bond donors (Lipinski definition) is 1. The van der Waals surface area contributed by atoms with E-state index in [1.165, 1.54) is 17.2 Å². The van der Waals surface area contributed by atoms with Crippen LogP contribution in [0.1, 0.15) is 61.6 Å². The third-order valence-electron chi connectivity index (χ3n) is 6.93. The first kappa shape index (κ1) is 16.0. The molecule has 1 aromatic carbocycles. The summed E-state index contributed by atoms with van der Waals surface area (Å²) in [4.78, 5) is 12.4. The maximum atomic E-state index is 13.3. The fraction of sp³-hybridized carbons (Fsp3) is 0.571. The van der Waals surface area contributed by atoms with Gasteiger partial charge in [0.2, 0.25) is 0 Å². The number of Topliss-reactive ketones (excluding diaryl/α,β-unsaturated/α-hetero) is 1. The van der Waals surface area contributed by atoms with E-state index >= 15 is 0 Å². The molecule has 3 aliphatic carbocycles. The van der Waals surface area contributed by atoms with Crippen molar-refractivity contribution < 1.29 is 14.3 Å². The van der Waals surface area contributed by atoms with Crippen LogP contribution in [0.25, 0.3) is 6.08 Å². The number of aliphatic hydroxyl groups excluding tert-OH is 1. The van der Waals surface area contributed by atoms with Gasteiger partial charge in [-0.25, -0.2) is 4.39 Å². The summed E-state index contributed by atoms with van der Waals surface area (Å²) in [5.74, 6) is 1.71. The van der Waals surface area contributed by atoms with E-state index in [1.54, 1.807) is 0 Å². The molecule has 0 aromatic heterocycles. The summed E-state index contributed by atoms with van der Waals surface area (Å²) in [6, 6.07) is 6.19. The molecule has 0 amide bonds. The third kappa shape index (κ3) is 2.36. The molecule has 0 aliphatic heterocycles. The summed E-state index contributed by atoms with van der Waals surface area (Å²) in [6.45, 7) is 1.65. The number of hydrogen-bond acceptors (Lipinski definition) is 2. The van der Waals surface area contributed by atoms with E-state index in [1.807, 2.05) is 6.07 Å². The van der Waals surface area contributed by atoms with E-state index in [4.69, 9.17) is 5.11 Å². The highest BCUT2D eigenvalue weighted by Gasteiger charge is 2.54. The van der Waals surface area contributed by atoms with E-state index in [-0.39, 0.29) is 5.41 Å². The summed E-state index contributed by atoms with van der Waals surface area (Å²) in [5.41, 5.74) is 3.49. The molecule has 0 bridgehead atoms. The number of fused-ring (bicyclic) bond motifs is 5. The Balaban J connectivity index is 1.65. The number of halogens is 1. The summed E-state index contributed by atoms with van der Waals surface area (Å²) in [6.07, 6.45) is 7.50. The lowest BCUT2D eigenvalue weighted by Crippen LogP contribution is -2.42. The molecule has 24 heavy (non-hydrogen) atoms. The fourth-order valence-electron chi connectivity index (χ4n) is 5.69. The lowest BCUT2D eigenvalue weighted by Gasteiger charge is -2.48. The summed E-state index contributed by atoms with van der Waals surface area (Å²) in [5, 5.41) is 8.85. The molecule has 3 heteroatoms. The molecular formula is C21H25FO2. The van der Waals surface area contributed by atoms with E-state index in [0.29, 0.717) is 23.5 Å². The van der Waals surface area contributed by atoms with Crippen LogP contribution in [0.2, 0.25) is 0 Å². The highest BCUT2D eigenvalue weighted by atomic mass is 19.1. The highest BCUT2D eigenvalue weighted by Crippen LogP contribution is 2.59. The van der Waals surface area contributed by atoms with Gasteiger partial charge in [-0.15, -0.1) is 0 Å². The predicted octanol–water partition coefficient (Wildman–Crippen LogP) is 4.41. The van der Waals surface area contributed by atoms with Crippen molar-refractivity contribution in [2.24, 2.45) is 17.3 Å². The minimum absolute atomic E-state index is 0.0778. The van der Waals surface area contributed by atoms with Gasteiger partial charge in [-0.2, -0.15) is 0 Å². The van der Waals surface area contributed by atoms with Crippen LogP contribution in [0.4, 0.5) is 4.39 Å². The Labute approximate surface area is 142 Å². The standard InChI is InChI=1S/C21H25FO2/c1-21-9-8-17-16-4-2-13(11-15(22)12-23)10-14(16)3-5-18(17)19(21)6-7-20(21)24/h2,4,10-11,17-19,23H,3,5-9,12H2,1H3/b15-11-/t17-,18-,19+,21+/m1/s1. The molecule has 128 valence electrons. The van der Waals surface area contributed by atoms with Crippen molar-refractivity contribution in [3.05, 3.63) is 40.7 Å². The molecule has 0 saturated heterocycles. The molecule has 1 aromatic rings. The average Bonchev–Trinajstić information content (AvgIpc) is 2.89. The SMILES string of the molecule is C[C@]12CC[C@@H]3c4ccc(/C=C(\F)CO)cc4CC[C@H]3[C@@H]1CCC2=O. The third-order valence-corrected chi connectivity index (χ3v) is 6.93. The maximum Gasteiger partial charge on any atom is 0.139 e. The Kier molecular flexibility index (Phi) is 3.87. The molecule has 0 radical (unpaired) electrons. The first-order valence-electron chi connectivity index (χ1n) is 9.16. The van der Waals surface area contributed by atoms with Crippen LogP contribution < -0.4 is 0 Å². The topological polar surface area (TPSA) is 37.3 Å². The van der Waals surface area contributed by atoms with Gasteiger partial charge in [-0.05, 0) is 72.6 Å². The molecule has 0 heterocycles. The zero-order valence-corrected chi connectivity index (χ0v) is 14.2. The number of carbonyl (C=O) groups excluding carboxylic acids is 1. The summed E-state index contributed by atoms with van der Waals surface area (Å²) in [7, 11) is 0. The molecular weight excluding hydrogens is 303 g/mol. The van der Waals surface area contributed by atoms with Crippen molar-refractivity contribution in [1.29, 1.82) is 0 Å². The van der Waals surface area contributed by atoms with Crippen LogP contribution >= 0.6 is 0 Å². The number of ketones is 1. The van der Waals surface area contributed by atoms with Gasteiger partial charge in [-0.1, -0.05) is 25.1 Å². The molecule has 2 nitrogen and oxygen atoms in total. The zero-order valence-electron chi connectivity index (χ0n) is 14.2. The van der Waals surface area contributed by atoms with Crippen molar-refractivity contribution >= 4 is 11.9 Å². The van der Waals surface area contributed by atoms with Gasteiger partial charge >= 0.3 is 0 Å². The minimum atomic E-state index is -0.546. The van der Waals surface area contributed by atoms with E-state index in [2.05, 4.69) is 19.1 Å². The number of rotatable bonds is 2. The molecule has 2 saturated carbocycles. The normalized spacial score (nSPS) is 35.4. The summed E-state index contributed by atoms with van der Waals surface area (Å²) < 4.78 is 13.3. The zero-order chi connectivity index (χ0) is 16.9. The summed E-state index contributed by atoms with van der Waals surface area (Å²) >= 11 is 0. The quantitative estimate of drug-likeness (QED) is 0.873. The van der Waals surface area contributed by atoms with Crippen molar-refractivity contribution in [1.82, 2.24) is 0 Å². The van der Waals surface area contributed by atoms with E-state index in [9.17, 15) is 9.18 Å². The number of aliphatic hydroxyl groups is 1. The van der Waals surface area contributed by atoms with Crippen LogP contribution in [-0.4, -0.2) is 17.5 Å². The Morgan fingerprint density at radius 1 is 1.33 bits per heavy atom. The highest BCUT2D eigenvalue weighted by molar-refractivity contribution is 5.87. The lowest BCUT2D eigenvalue weighted by atomic mass is 9.55. The lowest BCUT2D eigenvalue weighted by molar-refractivity contribution is -0.129. The molecule has 4 rings (SSSR count). The van der Waals surface area contributed by atoms with Gasteiger partial charge in [0.25, 0.3) is 0 Å². The van der Waals surface area contributed by atoms with Gasteiger partial charge in [0, 0.05) is 11.8 Å². The molecule has 0 spiro atoms. The van der Waals surface area contributed by atoms with E-state index in [0.717, 1.165) is 44.1 Å². The van der Waals surface area contributed by atoms with Crippen LogP contribution in [0.3, 0.4) is 0 Å². The second kappa shape index (κ2) is 5.80. The van der Waals surface area contributed by atoms with Crippen molar-refractivity contribution in [2.45, 2.75) is 51.4 Å². The first-order valence-corrected chi connectivity index (χ1v) is 9.16. The smallest absolute Gasteiger partial charge is 0.139 e. The van der Waals surface area contributed by atoms with Gasteiger partial charge in [0.15, 0.2) is 0 Å². The Morgan fingerprint density at radius 3 is 2.96 bits per heavy atom. The predicted molar refractivity (Wildman–Crippen MR) is 92.2 cm³/mol. The second-order valence-electron chi connectivity index (χ2n) is 8.04. The molecule has 4 atom stereocenters. The van der Waals surface area contributed by atoms with Crippen molar-refractivity contribution in [2.75, 3.05) is 6.61 Å². The number of benzene rings is 1. The molecule has 1 N–H and O–H groups in total. The van der Waals surface area contributed by atoms with Crippen LogP contribution in [0.15, 0.2) is 24.0 Å². The average molecular weight is 328 g/mol.